The van der Waals surface area contributed by atoms with Crippen LogP contribution in [-0.2, 0) is 29.4 Å². The van der Waals surface area contributed by atoms with E-state index in [0.29, 0.717) is 29.6 Å². The molecule has 0 amide bonds. The first-order valence-corrected chi connectivity index (χ1v) is 16.0. The monoisotopic (exact) mass is 560 g/mol. The van der Waals surface area contributed by atoms with Gasteiger partial charge in [-0.1, -0.05) is 80.9 Å². The Morgan fingerprint density at radius 3 is 1.88 bits per heavy atom. The van der Waals surface area contributed by atoms with E-state index < -0.39 is 17.9 Å². The molecule has 1 spiro atoms. The van der Waals surface area contributed by atoms with Crippen molar-refractivity contribution in [3.05, 3.63) is 71.8 Å². The molecule has 6 nitrogen and oxygen atoms in total. The first-order chi connectivity index (χ1) is 19.9. The van der Waals surface area contributed by atoms with E-state index in [0.717, 1.165) is 32.1 Å². The molecular weight excluding hydrogens is 514 g/mol. The number of esters is 2. The fraction of sp³-hybridized carbons (Fsp3) is 0.600. The molecule has 4 fully saturated rings. The van der Waals surface area contributed by atoms with Crippen molar-refractivity contribution in [3.63, 3.8) is 0 Å². The van der Waals surface area contributed by atoms with Gasteiger partial charge in [0, 0.05) is 50.9 Å². The molecule has 1 saturated carbocycles. The summed E-state index contributed by atoms with van der Waals surface area (Å²) in [5.74, 6) is -0.469. The van der Waals surface area contributed by atoms with Gasteiger partial charge in [-0.3, -0.25) is 4.79 Å². The minimum Gasteiger partial charge on any atom is -0.459 e. The molecule has 4 aliphatic rings. The number of hydrogen-bond acceptors (Lipinski definition) is 5. The van der Waals surface area contributed by atoms with Gasteiger partial charge in [0.25, 0.3) is 0 Å². The van der Waals surface area contributed by atoms with Crippen LogP contribution < -0.4 is 0 Å². The van der Waals surface area contributed by atoms with Gasteiger partial charge in [0.05, 0.1) is 25.2 Å². The SMILES string of the molecule is CC(C)CC(=O)OC(OC(C(=O)OC1CC2CCC(C1)[N+]21CCCC1)(c1ccccc1)c1ccccc1)C1CCC1. The van der Waals surface area contributed by atoms with Crippen LogP contribution in [0.3, 0.4) is 0 Å². The highest BCUT2D eigenvalue weighted by Crippen LogP contribution is 2.47. The van der Waals surface area contributed by atoms with E-state index in [1.807, 2.05) is 74.5 Å². The van der Waals surface area contributed by atoms with Crippen molar-refractivity contribution in [1.82, 2.24) is 0 Å². The lowest BCUT2D eigenvalue weighted by Crippen LogP contribution is -2.60. The van der Waals surface area contributed by atoms with Crippen molar-refractivity contribution in [2.24, 2.45) is 11.8 Å². The molecule has 3 unspecified atom stereocenters. The van der Waals surface area contributed by atoms with Crippen LogP contribution in [0.25, 0.3) is 0 Å². The lowest BCUT2D eigenvalue weighted by molar-refractivity contribution is -0.956. The van der Waals surface area contributed by atoms with Crippen molar-refractivity contribution in [3.8, 4) is 0 Å². The molecule has 2 aromatic carbocycles. The number of benzene rings is 2. The molecule has 1 aliphatic carbocycles. The molecule has 3 heterocycles. The molecule has 220 valence electrons. The first kappa shape index (κ1) is 28.4. The number of piperidine rings is 1. The molecule has 6 heteroatoms. The zero-order chi connectivity index (χ0) is 28.5. The van der Waals surface area contributed by atoms with Crippen LogP contribution in [0.4, 0.5) is 0 Å². The largest absolute Gasteiger partial charge is 0.459 e. The highest BCUT2D eigenvalue weighted by Gasteiger charge is 2.57. The quantitative estimate of drug-likeness (QED) is 0.188. The molecule has 41 heavy (non-hydrogen) atoms. The van der Waals surface area contributed by atoms with Gasteiger partial charge in [0.1, 0.15) is 6.10 Å². The summed E-state index contributed by atoms with van der Waals surface area (Å²) < 4.78 is 20.7. The summed E-state index contributed by atoms with van der Waals surface area (Å²) in [6.45, 7) is 6.56. The predicted molar refractivity (Wildman–Crippen MR) is 157 cm³/mol. The van der Waals surface area contributed by atoms with Crippen LogP contribution >= 0.6 is 0 Å². The Labute approximate surface area is 244 Å². The molecule has 2 bridgehead atoms. The second kappa shape index (κ2) is 11.9. The first-order valence-electron chi connectivity index (χ1n) is 16.0. The second-order valence-electron chi connectivity index (χ2n) is 13.3. The van der Waals surface area contributed by atoms with Crippen molar-refractivity contribution in [2.45, 2.75) is 108 Å². The topological polar surface area (TPSA) is 61.8 Å². The van der Waals surface area contributed by atoms with Gasteiger partial charge < -0.3 is 18.7 Å². The van der Waals surface area contributed by atoms with E-state index in [2.05, 4.69) is 0 Å². The lowest BCUT2D eigenvalue weighted by Gasteiger charge is -2.47. The summed E-state index contributed by atoms with van der Waals surface area (Å²) in [7, 11) is 0. The van der Waals surface area contributed by atoms with Gasteiger partial charge in [-0.2, -0.15) is 0 Å². The van der Waals surface area contributed by atoms with E-state index in [4.69, 9.17) is 14.2 Å². The number of carbonyl (C=O) groups excluding carboxylic acids is 2. The van der Waals surface area contributed by atoms with Crippen LogP contribution in [0.15, 0.2) is 60.7 Å². The van der Waals surface area contributed by atoms with Crippen molar-refractivity contribution in [2.75, 3.05) is 13.1 Å². The molecule has 3 atom stereocenters. The summed E-state index contributed by atoms with van der Waals surface area (Å²) in [6, 6.07) is 20.5. The van der Waals surface area contributed by atoms with E-state index in [-0.39, 0.29) is 23.9 Å². The Morgan fingerprint density at radius 1 is 0.829 bits per heavy atom. The highest BCUT2D eigenvalue weighted by atomic mass is 16.7. The molecule has 0 aromatic heterocycles. The van der Waals surface area contributed by atoms with Gasteiger partial charge in [0.2, 0.25) is 11.9 Å². The molecular formula is C35H46NO5+. The van der Waals surface area contributed by atoms with Crippen LogP contribution in [0.5, 0.6) is 0 Å². The van der Waals surface area contributed by atoms with Gasteiger partial charge in [-0.15, -0.1) is 0 Å². The summed E-state index contributed by atoms with van der Waals surface area (Å²) in [4.78, 5) is 27.7. The lowest BCUT2D eigenvalue weighted by atomic mass is 9.82. The third-order valence-corrected chi connectivity index (χ3v) is 10.3. The van der Waals surface area contributed by atoms with E-state index >= 15 is 0 Å². The maximum absolute atomic E-state index is 14.7. The maximum atomic E-state index is 14.7. The normalized spacial score (nSPS) is 26.1. The van der Waals surface area contributed by atoms with Crippen molar-refractivity contribution >= 4 is 11.9 Å². The van der Waals surface area contributed by atoms with Crippen LogP contribution in [0, 0.1) is 11.8 Å². The van der Waals surface area contributed by atoms with Gasteiger partial charge in [0.15, 0.2) is 0 Å². The zero-order valence-electron chi connectivity index (χ0n) is 24.7. The fourth-order valence-corrected chi connectivity index (χ4v) is 8.09. The van der Waals surface area contributed by atoms with Gasteiger partial charge >= 0.3 is 11.9 Å². The zero-order valence-corrected chi connectivity index (χ0v) is 24.7. The molecule has 0 N–H and O–H groups in total. The number of nitrogens with zero attached hydrogens (tertiary/aromatic N) is 1. The average Bonchev–Trinajstić information content (AvgIpc) is 3.47. The van der Waals surface area contributed by atoms with E-state index in [9.17, 15) is 9.59 Å². The molecule has 6 rings (SSSR count). The predicted octanol–water partition coefficient (Wildman–Crippen LogP) is 6.51. The number of ether oxygens (including phenoxy) is 3. The minimum atomic E-state index is -1.54. The third kappa shape index (κ3) is 5.46. The number of quaternary nitrogens is 1. The molecule has 2 aromatic rings. The summed E-state index contributed by atoms with van der Waals surface area (Å²) in [5, 5.41) is 0. The molecule has 3 saturated heterocycles. The van der Waals surface area contributed by atoms with Crippen LogP contribution in [-0.4, -0.2) is 54.0 Å². The Bertz CT molecular complexity index is 1130. The van der Waals surface area contributed by atoms with Crippen molar-refractivity contribution < 1.29 is 28.3 Å². The minimum absolute atomic E-state index is 0.0516. The van der Waals surface area contributed by atoms with Crippen LogP contribution in [0.2, 0.25) is 0 Å². The Balaban J connectivity index is 1.34. The summed E-state index contributed by atoms with van der Waals surface area (Å²) in [6.07, 6.45) is 9.13. The highest BCUT2D eigenvalue weighted by molar-refractivity contribution is 5.86. The number of rotatable bonds is 10. The summed E-state index contributed by atoms with van der Waals surface area (Å²) >= 11 is 0. The molecule has 0 radical (unpaired) electrons. The number of carbonyl (C=O) groups is 2. The van der Waals surface area contributed by atoms with Crippen molar-refractivity contribution in [1.29, 1.82) is 0 Å². The fourth-order valence-electron chi connectivity index (χ4n) is 8.09. The average molecular weight is 561 g/mol. The third-order valence-electron chi connectivity index (χ3n) is 10.3. The Hall–Kier alpha value is -2.70. The Kier molecular flexibility index (Phi) is 8.24. The summed E-state index contributed by atoms with van der Waals surface area (Å²) in [5.41, 5.74) is -0.151. The number of hydrogen-bond donors (Lipinski definition) is 0. The van der Waals surface area contributed by atoms with Gasteiger partial charge in [-0.25, -0.2) is 4.79 Å². The van der Waals surface area contributed by atoms with E-state index in [1.54, 1.807) is 0 Å². The Morgan fingerprint density at radius 2 is 1.39 bits per heavy atom. The molecule has 3 aliphatic heterocycles. The standard InChI is InChI=1S/C35H46NO5/c1-25(2)22-32(37)40-33(26-12-11-13-26)41-35(27-14-5-3-6-15-27,28-16-7-4-8-17-28)34(38)39-31-23-29-18-19-30(24-31)36(29)20-9-10-21-36/h3-8,14-17,25-26,29-31,33H,9-13,18-24H2,1-2H3/q+1. The maximum Gasteiger partial charge on any atom is 0.348 e. The van der Waals surface area contributed by atoms with Crippen LogP contribution in [0.1, 0.15) is 89.2 Å². The second-order valence-corrected chi connectivity index (χ2v) is 13.3. The smallest absolute Gasteiger partial charge is 0.348 e. The van der Waals surface area contributed by atoms with Gasteiger partial charge in [-0.05, 0) is 29.9 Å². The van der Waals surface area contributed by atoms with E-state index in [1.165, 1.54) is 43.3 Å².